The molecule has 0 atom stereocenters. The third kappa shape index (κ3) is 8.75. The van der Waals surface area contributed by atoms with E-state index in [4.69, 9.17) is 0 Å². The number of hydrogen-bond acceptors (Lipinski definition) is 4. The summed E-state index contributed by atoms with van der Waals surface area (Å²) in [6.45, 7) is 3.96. The van der Waals surface area contributed by atoms with Crippen molar-refractivity contribution >= 4 is 17.6 Å². The first-order chi connectivity index (χ1) is 16.7. The molecule has 11 heteroatoms. The maximum absolute atomic E-state index is 12.9. The van der Waals surface area contributed by atoms with Crippen LogP contribution in [0.1, 0.15) is 17.5 Å². The van der Waals surface area contributed by atoms with Crippen LogP contribution in [0.2, 0.25) is 0 Å². The topological polar surface area (TPSA) is 76.7 Å². The lowest BCUT2D eigenvalue weighted by molar-refractivity contribution is -0.137. The number of nitrogens with one attached hydrogen (secondary N) is 3. The van der Waals surface area contributed by atoms with Crippen molar-refractivity contribution in [2.24, 2.45) is 0 Å². The van der Waals surface area contributed by atoms with Crippen LogP contribution in [0.4, 0.5) is 28.0 Å². The van der Waals surface area contributed by atoms with Crippen LogP contribution in [0.25, 0.3) is 0 Å². The zero-order valence-corrected chi connectivity index (χ0v) is 19.2. The van der Waals surface area contributed by atoms with Crippen molar-refractivity contribution in [2.45, 2.75) is 19.1 Å². The Bertz CT molecular complexity index is 977. The van der Waals surface area contributed by atoms with E-state index in [-0.39, 0.29) is 24.8 Å². The van der Waals surface area contributed by atoms with Crippen LogP contribution >= 0.6 is 0 Å². The van der Waals surface area contributed by atoms with Gasteiger partial charge in [0.2, 0.25) is 5.91 Å². The van der Waals surface area contributed by atoms with Gasteiger partial charge in [0.25, 0.3) is 0 Å². The molecule has 1 fully saturated rings. The molecule has 3 rings (SSSR count). The predicted octanol–water partition coefficient (Wildman–Crippen LogP) is 2.97. The van der Waals surface area contributed by atoms with Crippen molar-refractivity contribution in [2.75, 3.05) is 50.7 Å². The number of amides is 3. The summed E-state index contributed by atoms with van der Waals surface area (Å²) in [5.41, 5.74) is 0.663. The Morgan fingerprint density at radius 3 is 2.31 bits per heavy atom. The molecule has 0 radical (unpaired) electrons. The summed E-state index contributed by atoms with van der Waals surface area (Å²) in [6, 6.07) is 10.6. The van der Waals surface area contributed by atoms with E-state index in [1.807, 2.05) is 4.90 Å². The highest BCUT2D eigenvalue weighted by atomic mass is 19.4. The molecule has 190 valence electrons. The molecule has 0 spiro atoms. The van der Waals surface area contributed by atoms with E-state index in [9.17, 15) is 27.2 Å². The number of benzene rings is 2. The van der Waals surface area contributed by atoms with Crippen molar-refractivity contribution < 1.29 is 27.2 Å². The minimum Gasteiger partial charge on any atom is -0.369 e. The van der Waals surface area contributed by atoms with Gasteiger partial charge in [0, 0.05) is 45.0 Å². The van der Waals surface area contributed by atoms with Crippen LogP contribution in [0, 0.1) is 5.82 Å². The second-order valence-corrected chi connectivity index (χ2v) is 8.24. The van der Waals surface area contributed by atoms with Gasteiger partial charge in [-0.05, 0) is 48.9 Å². The molecular formula is C24H29F4N5O2. The smallest absolute Gasteiger partial charge is 0.369 e. The molecule has 2 aromatic carbocycles. The lowest BCUT2D eigenvalue weighted by atomic mass is 10.1. The van der Waals surface area contributed by atoms with E-state index in [2.05, 4.69) is 20.9 Å². The van der Waals surface area contributed by atoms with Gasteiger partial charge in [0.05, 0.1) is 12.1 Å². The summed E-state index contributed by atoms with van der Waals surface area (Å²) >= 11 is 0. The maximum Gasteiger partial charge on any atom is 0.416 e. The number of piperazine rings is 1. The summed E-state index contributed by atoms with van der Waals surface area (Å²) in [5.74, 6) is -0.663. The summed E-state index contributed by atoms with van der Waals surface area (Å²) in [6.07, 6.45) is -3.64. The van der Waals surface area contributed by atoms with Crippen LogP contribution in [-0.4, -0.2) is 62.7 Å². The Morgan fingerprint density at radius 1 is 0.914 bits per heavy atom. The Labute approximate surface area is 201 Å². The van der Waals surface area contributed by atoms with Gasteiger partial charge >= 0.3 is 12.2 Å². The molecule has 1 saturated heterocycles. The fourth-order valence-electron chi connectivity index (χ4n) is 3.71. The summed E-state index contributed by atoms with van der Waals surface area (Å²) < 4.78 is 51.7. The number of halogens is 4. The van der Waals surface area contributed by atoms with Crippen LogP contribution in [0.3, 0.4) is 0 Å². The average Bonchev–Trinajstić information content (AvgIpc) is 2.85. The van der Waals surface area contributed by atoms with Crippen molar-refractivity contribution in [3.8, 4) is 0 Å². The molecule has 0 bridgehead atoms. The SMILES string of the molecule is O=C(CNC(=O)NCc1ccc(F)cc1)NCCCN1CCN(c2cccc(C(F)(F)F)c2)CC1. The number of alkyl halides is 3. The Kier molecular flexibility index (Phi) is 9.30. The molecular weight excluding hydrogens is 466 g/mol. The molecule has 0 aliphatic carbocycles. The molecule has 3 amide bonds. The normalized spacial score (nSPS) is 14.5. The molecule has 2 aromatic rings. The maximum atomic E-state index is 12.9. The van der Waals surface area contributed by atoms with E-state index in [1.54, 1.807) is 18.2 Å². The number of carbonyl (C=O) groups excluding carboxylic acids is 2. The molecule has 35 heavy (non-hydrogen) atoms. The molecule has 3 N–H and O–H groups in total. The van der Waals surface area contributed by atoms with Crippen LogP contribution in [0.5, 0.6) is 0 Å². The lowest BCUT2D eigenvalue weighted by Gasteiger charge is -2.36. The number of hydrogen-bond donors (Lipinski definition) is 3. The van der Waals surface area contributed by atoms with E-state index < -0.39 is 17.8 Å². The largest absolute Gasteiger partial charge is 0.416 e. The fraction of sp³-hybridized carbons (Fsp3) is 0.417. The minimum absolute atomic E-state index is 0.162. The highest BCUT2D eigenvalue weighted by molar-refractivity contribution is 5.83. The summed E-state index contributed by atoms with van der Waals surface area (Å²) in [7, 11) is 0. The highest BCUT2D eigenvalue weighted by Crippen LogP contribution is 2.31. The van der Waals surface area contributed by atoms with E-state index >= 15 is 0 Å². The average molecular weight is 496 g/mol. The molecule has 0 saturated carbocycles. The molecule has 1 aliphatic rings. The molecule has 1 heterocycles. The van der Waals surface area contributed by atoms with Crippen molar-refractivity contribution in [1.82, 2.24) is 20.9 Å². The van der Waals surface area contributed by atoms with Gasteiger partial charge in [-0.15, -0.1) is 0 Å². The first kappa shape index (κ1) is 26.3. The van der Waals surface area contributed by atoms with Crippen molar-refractivity contribution in [1.29, 1.82) is 0 Å². The van der Waals surface area contributed by atoms with E-state index in [0.29, 0.717) is 31.7 Å². The Balaban J connectivity index is 1.26. The van der Waals surface area contributed by atoms with Crippen LogP contribution in [-0.2, 0) is 17.5 Å². The second kappa shape index (κ2) is 12.4. The van der Waals surface area contributed by atoms with E-state index in [1.165, 1.54) is 24.3 Å². The zero-order chi connectivity index (χ0) is 25.3. The first-order valence-electron chi connectivity index (χ1n) is 11.4. The lowest BCUT2D eigenvalue weighted by Crippen LogP contribution is -2.47. The van der Waals surface area contributed by atoms with Gasteiger partial charge in [-0.2, -0.15) is 13.2 Å². The molecule has 1 aliphatic heterocycles. The van der Waals surface area contributed by atoms with Gasteiger partial charge in [0.15, 0.2) is 0 Å². The highest BCUT2D eigenvalue weighted by Gasteiger charge is 2.31. The monoisotopic (exact) mass is 495 g/mol. The van der Waals surface area contributed by atoms with Gasteiger partial charge < -0.3 is 20.9 Å². The minimum atomic E-state index is -4.36. The van der Waals surface area contributed by atoms with Gasteiger partial charge in [-0.1, -0.05) is 18.2 Å². The van der Waals surface area contributed by atoms with Crippen molar-refractivity contribution in [3.63, 3.8) is 0 Å². The first-order valence-corrected chi connectivity index (χ1v) is 11.4. The predicted molar refractivity (Wildman–Crippen MR) is 124 cm³/mol. The number of carbonyl (C=O) groups is 2. The van der Waals surface area contributed by atoms with Crippen molar-refractivity contribution in [3.05, 3.63) is 65.5 Å². The van der Waals surface area contributed by atoms with Crippen LogP contribution in [0.15, 0.2) is 48.5 Å². The van der Waals surface area contributed by atoms with E-state index in [0.717, 1.165) is 31.3 Å². The summed E-state index contributed by atoms with van der Waals surface area (Å²) in [5, 5.41) is 7.80. The standard InChI is InChI=1S/C24H29F4N5O2/c25-20-7-5-18(6-8-20)16-30-23(35)31-17-22(34)29-9-2-10-32-11-13-33(14-12-32)21-4-1-3-19(15-21)24(26,27)28/h1,3-8,15H,2,9-14,16-17H2,(H,29,34)(H2,30,31,35). The quantitative estimate of drug-likeness (QED) is 0.369. The molecule has 0 aromatic heterocycles. The Morgan fingerprint density at radius 2 is 1.63 bits per heavy atom. The summed E-state index contributed by atoms with van der Waals surface area (Å²) in [4.78, 5) is 27.8. The number of urea groups is 1. The van der Waals surface area contributed by atoms with Gasteiger partial charge in [-0.25, -0.2) is 9.18 Å². The van der Waals surface area contributed by atoms with Gasteiger partial charge in [-0.3, -0.25) is 9.69 Å². The van der Waals surface area contributed by atoms with Crippen LogP contribution < -0.4 is 20.9 Å². The number of nitrogens with zero attached hydrogens (tertiary/aromatic N) is 2. The third-order valence-corrected chi connectivity index (χ3v) is 5.66. The molecule has 7 nitrogen and oxygen atoms in total. The van der Waals surface area contributed by atoms with Gasteiger partial charge in [0.1, 0.15) is 5.82 Å². The number of rotatable bonds is 9. The fourth-order valence-corrected chi connectivity index (χ4v) is 3.71. The second-order valence-electron chi connectivity index (χ2n) is 8.24. The molecule has 0 unspecified atom stereocenters. The zero-order valence-electron chi connectivity index (χ0n) is 19.2. The number of anilines is 1. The Hall–Kier alpha value is -3.34. The third-order valence-electron chi connectivity index (χ3n) is 5.66.